The van der Waals surface area contributed by atoms with Crippen LogP contribution in [0.4, 0.5) is 11.5 Å². The predicted octanol–water partition coefficient (Wildman–Crippen LogP) is 3.08. The highest BCUT2D eigenvalue weighted by Crippen LogP contribution is 2.30. The van der Waals surface area contributed by atoms with Crippen molar-refractivity contribution in [3.63, 3.8) is 0 Å². The van der Waals surface area contributed by atoms with Crippen molar-refractivity contribution in [1.29, 1.82) is 0 Å². The quantitative estimate of drug-likeness (QED) is 0.815. The minimum absolute atomic E-state index is 0.340. The van der Waals surface area contributed by atoms with Crippen molar-refractivity contribution in [3.05, 3.63) is 17.8 Å². The van der Waals surface area contributed by atoms with Crippen LogP contribution in [0, 0.1) is 11.8 Å². The summed E-state index contributed by atoms with van der Waals surface area (Å²) in [6.45, 7) is 5.26. The number of nitrogens with zero attached hydrogens (tertiary/aromatic N) is 1. The molecule has 2 unspecified atom stereocenters. The summed E-state index contributed by atoms with van der Waals surface area (Å²) in [7, 11) is 0. The van der Waals surface area contributed by atoms with E-state index in [1.165, 1.54) is 25.7 Å². The molecule has 116 valence electrons. The fraction of sp³-hybridized carbons (Fsp3) is 0.625. The van der Waals surface area contributed by atoms with Gasteiger partial charge in [-0.05, 0) is 31.2 Å². The second-order valence-electron chi connectivity index (χ2n) is 5.79. The maximum absolute atomic E-state index is 12.0. The topological polar surface area (TPSA) is 77.2 Å². The minimum Gasteiger partial charge on any atom is -0.462 e. The van der Waals surface area contributed by atoms with E-state index in [1.807, 2.05) is 0 Å². The third-order valence-electron chi connectivity index (χ3n) is 4.23. The molecular weight excluding hydrogens is 266 g/mol. The largest absolute Gasteiger partial charge is 0.462 e. The first-order valence-corrected chi connectivity index (χ1v) is 7.78. The first-order valence-electron chi connectivity index (χ1n) is 7.78. The molecule has 1 aromatic rings. The van der Waals surface area contributed by atoms with Crippen molar-refractivity contribution >= 4 is 17.5 Å². The summed E-state index contributed by atoms with van der Waals surface area (Å²) in [6, 6.07) is 1.62. The van der Waals surface area contributed by atoms with Crippen molar-refractivity contribution in [2.45, 2.75) is 39.5 Å². The molecule has 2 atom stereocenters. The van der Waals surface area contributed by atoms with Crippen LogP contribution >= 0.6 is 0 Å². The zero-order chi connectivity index (χ0) is 15.2. The second-order valence-corrected chi connectivity index (χ2v) is 5.79. The number of carbonyl (C=O) groups is 1. The van der Waals surface area contributed by atoms with E-state index >= 15 is 0 Å². The summed E-state index contributed by atoms with van der Waals surface area (Å²) in [5, 5.41) is 3.31. The van der Waals surface area contributed by atoms with Gasteiger partial charge in [0.05, 0.1) is 18.5 Å². The minimum atomic E-state index is -0.378. The average molecular weight is 291 g/mol. The number of nitrogens with one attached hydrogen (secondary N) is 1. The Morgan fingerprint density at radius 2 is 2.24 bits per heavy atom. The third kappa shape index (κ3) is 4.09. The van der Waals surface area contributed by atoms with Gasteiger partial charge in [0, 0.05) is 6.54 Å². The smallest absolute Gasteiger partial charge is 0.341 e. The first kappa shape index (κ1) is 15.6. The summed E-state index contributed by atoms with van der Waals surface area (Å²) in [5.41, 5.74) is 6.61. The molecule has 0 radical (unpaired) electrons. The van der Waals surface area contributed by atoms with Crippen LogP contribution in [0.3, 0.4) is 0 Å². The van der Waals surface area contributed by atoms with Crippen molar-refractivity contribution in [3.8, 4) is 0 Å². The van der Waals surface area contributed by atoms with Gasteiger partial charge < -0.3 is 15.8 Å². The van der Waals surface area contributed by atoms with Crippen LogP contribution in [0.15, 0.2) is 12.3 Å². The number of esters is 1. The Morgan fingerprint density at radius 1 is 1.48 bits per heavy atom. The molecular formula is C16H25N3O2. The van der Waals surface area contributed by atoms with Crippen molar-refractivity contribution < 1.29 is 9.53 Å². The summed E-state index contributed by atoms with van der Waals surface area (Å²) >= 11 is 0. The van der Waals surface area contributed by atoms with Crippen LogP contribution in [0.5, 0.6) is 0 Å². The van der Waals surface area contributed by atoms with Gasteiger partial charge in [0.1, 0.15) is 11.4 Å². The number of nitrogen functional groups attached to an aromatic ring is 1. The van der Waals surface area contributed by atoms with E-state index in [4.69, 9.17) is 10.5 Å². The lowest BCUT2D eigenvalue weighted by atomic mass is 9.80. The first-order chi connectivity index (χ1) is 10.1. The van der Waals surface area contributed by atoms with Crippen molar-refractivity contribution in [1.82, 2.24) is 4.98 Å². The highest BCUT2D eigenvalue weighted by molar-refractivity contribution is 5.95. The van der Waals surface area contributed by atoms with Gasteiger partial charge in [-0.25, -0.2) is 9.78 Å². The predicted molar refractivity (Wildman–Crippen MR) is 84.2 cm³/mol. The number of pyridine rings is 1. The van der Waals surface area contributed by atoms with E-state index < -0.39 is 0 Å². The van der Waals surface area contributed by atoms with Crippen LogP contribution in [0.1, 0.15) is 49.9 Å². The maximum Gasteiger partial charge on any atom is 0.341 e. The Hall–Kier alpha value is -1.78. The van der Waals surface area contributed by atoms with Crippen LogP contribution in [0.25, 0.3) is 0 Å². The lowest BCUT2D eigenvalue weighted by Crippen LogP contribution is -2.25. The fourth-order valence-electron chi connectivity index (χ4n) is 2.91. The normalized spacial score (nSPS) is 21.8. The Balaban J connectivity index is 2.06. The van der Waals surface area contributed by atoms with Crippen LogP contribution in [0.2, 0.25) is 0 Å². The van der Waals surface area contributed by atoms with Gasteiger partial charge >= 0.3 is 5.97 Å². The standard InChI is InChI=1S/C16H25N3O2/c1-3-21-16(20)14-8-13(17)10-19-15(14)18-9-12-7-5-4-6-11(12)2/h8,10-12H,3-7,9,17H2,1-2H3,(H,18,19). The molecule has 5 heteroatoms. The molecule has 0 aromatic carbocycles. The highest BCUT2D eigenvalue weighted by atomic mass is 16.5. The average Bonchev–Trinajstić information content (AvgIpc) is 2.47. The van der Waals surface area contributed by atoms with E-state index in [1.54, 1.807) is 19.2 Å². The molecule has 21 heavy (non-hydrogen) atoms. The molecule has 2 rings (SSSR count). The van der Waals surface area contributed by atoms with Gasteiger partial charge in [0.25, 0.3) is 0 Å². The molecule has 3 N–H and O–H groups in total. The van der Waals surface area contributed by atoms with E-state index in [0.29, 0.717) is 35.5 Å². The molecule has 0 amide bonds. The van der Waals surface area contributed by atoms with E-state index in [0.717, 1.165) is 6.54 Å². The van der Waals surface area contributed by atoms with Crippen LogP contribution in [-0.2, 0) is 4.74 Å². The molecule has 1 aliphatic carbocycles. The van der Waals surface area contributed by atoms with Gasteiger partial charge in [0.2, 0.25) is 0 Å². The molecule has 0 aliphatic heterocycles. The molecule has 1 aromatic heterocycles. The number of ether oxygens (including phenoxy) is 1. The fourth-order valence-corrected chi connectivity index (χ4v) is 2.91. The number of nitrogens with two attached hydrogens (primary N) is 1. The van der Waals surface area contributed by atoms with Crippen LogP contribution < -0.4 is 11.1 Å². The second kappa shape index (κ2) is 7.29. The van der Waals surface area contributed by atoms with Crippen molar-refractivity contribution in [2.75, 3.05) is 24.2 Å². The van der Waals surface area contributed by atoms with Gasteiger partial charge in [-0.15, -0.1) is 0 Å². The van der Waals surface area contributed by atoms with Gasteiger partial charge in [-0.3, -0.25) is 0 Å². The zero-order valence-corrected chi connectivity index (χ0v) is 12.9. The van der Waals surface area contributed by atoms with Gasteiger partial charge in [0.15, 0.2) is 0 Å². The molecule has 5 nitrogen and oxygen atoms in total. The Bertz CT molecular complexity index is 490. The Labute approximate surface area is 126 Å². The number of hydrogen-bond acceptors (Lipinski definition) is 5. The number of hydrogen-bond donors (Lipinski definition) is 2. The zero-order valence-electron chi connectivity index (χ0n) is 12.9. The lowest BCUT2D eigenvalue weighted by Gasteiger charge is -2.29. The number of carbonyl (C=O) groups excluding carboxylic acids is 1. The molecule has 1 saturated carbocycles. The van der Waals surface area contributed by atoms with E-state index in [9.17, 15) is 4.79 Å². The maximum atomic E-state index is 12.0. The summed E-state index contributed by atoms with van der Waals surface area (Å²) < 4.78 is 5.06. The lowest BCUT2D eigenvalue weighted by molar-refractivity contribution is 0.0527. The van der Waals surface area contributed by atoms with Gasteiger partial charge in [-0.1, -0.05) is 26.2 Å². The molecule has 1 fully saturated rings. The molecule has 0 spiro atoms. The molecule has 0 bridgehead atoms. The SMILES string of the molecule is CCOC(=O)c1cc(N)cnc1NCC1CCCCC1C. The summed E-state index contributed by atoms with van der Waals surface area (Å²) in [6.07, 6.45) is 6.70. The van der Waals surface area contributed by atoms with Crippen LogP contribution in [-0.4, -0.2) is 24.1 Å². The highest BCUT2D eigenvalue weighted by Gasteiger charge is 2.22. The summed E-state index contributed by atoms with van der Waals surface area (Å²) in [5.74, 6) is 1.54. The molecule has 1 heterocycles. The summed E-state index contributed by atoms with van der Waals surface area (Å²) in [4.78, 5) is 16.2. The molecule has 0 saturated heterocycles. The van der Waals surface area contributed by atoms with Gasteiger partial charge in [-0.2, -0.15) is 0 Å². The number of rotatable bonds is 5. The van der Waals surface area contributed by atoms with E-state index in [2.05, 4.69) is 17.2 Å². The molecule has 1 aliphatic rings. The monoisotopic (exact) mass is 291 g/mol. The Morgan fingerprint density at radius 3 is 2.95 bits per heavy atom. The number of anilines is 2. The number of aromatic nitrogens is 1. The third-order valence-corrected chi connectivity index (χ3v) is 4.23. The Kier molecular flexibility index (Phi) is 5.42. The van der Waals surface area contributed by atoms with E-state index in [-0.39, 0.29) is 5.97 Å². The van der Waals surface area contributed by atoms with Crippen molar-refractivity contribution in [2.24, 2.45) is 11.8 Å².